The fourth-order valence-corrected chi connectivity index (χ4v) is 5.19. The Balaban J connectivity index is 1.64. The molecular weight excluding hydrogens is 470 g/mol. The molecule has 1 heterocycles. The molecule has 2 aromatic carbocycles. The Morgan fingerprint density at radius 3 is 2.40 bits per heavy atom. The Bertz CT molecular complexity index is 1140. The van der Waals surface area contributed by atoms with Gasteiger partial charge in [0.2, 0.25) is 0 Å². The van der Waals surface area contributed by atoms with Crippen LogP contribution in [0.2, 0.25) is 0 Å². The summed E-state index contributed by atoms with van der Waals surface area (Å²) in [7, 11) is -3.97. The Morgan fingerprint density at radius 1 is 1.17 bits per heavy atom. The van der Waals surface area contributed by atoms with Crippen molar-refractivity contribution in [1.82, 2.24) is 9.03 Å². The molecule has 0 saturated carbocycles. The Hall–Kier alpha value is -3.21. The van der Waals surface area contributed by atoms with Gasteiger partial charge in [-0.2, -0.15) is 17.4 Å². The van der Waals surface area contributed by atoms with Crippen molar-refractivity contribution in [3.05, 3.63) is 94.9 Å². The lowest BCUT2D eigenvalue weighted by atomic mass is 9.85. The maximum atomic E-state index is 13.1. The van der Waals surface area contributed by atoms with Crippen molar-refractivity contribution in [3.8, 4) is 0 Å². The second-order valence-electron chi connectivity index (χ2n) is 8.13. The van der Waals surface area contributed by atoms with Crippen LogP contribution in [0.4, 0.5) is 0 Å². The first kappa shape index (κ1) is 26.4. The van der Waals surface area contributed by atoms with Gasteiger partial charge in [0.05, 0.1) is 13.2 Å². The van der Waals surface area contributed by atoms with Crippen molar-refractivity contribution in [2.45, 2.75) is 25.2 Å². The number of nitrogens with one attached hydrogen (secondary N) is 1. The maximum absolute atomic E-state index is 13.1. The van der Waals surface area contributed by atoms with Crippen LogP contribution in [0.3, 0.4) is 0 Å². The van der Waals surface area contributed by atoms with E-state index in [4.69, 9.17) is 9.47 Å². The first-order chi connectivity index (χ1) is 16.9. The monoisotopic (exact) mass is 499 g/mol. The highest BCUT2D eigenvalue weighted by molar-refractivity contribution is 7.87. The second-order valence-corrected chi connectivity index (χ2v) is 9.88. The van der Waals surface area contributed by atoms with Crippen LogP contribution >= 0.6 is 0 Å². The molecule has 3 rings (SSSR count). The molecule has 1 fully saturated rings. The van der Waals surface area contributed by atoms with Crippen LogP contribution in [0.5, 0.6) is 0 Å². The largest absolute Gasteiger partial charge is 0.460 e. The number of nitrogens with zero attached hydrogens (tertiary/aromatic N) is 4. The highest BCUT2D eigenvalue weighted by Crippen LogP contribution is 2.37. The van der Waals surface area contributed by atoms with Crippen molar-refractivity contribution in [2.24, 2.45) is 11.0 Å². The van der Waals surface area contributed by atoms with Crippen LogP contribution in [0.1, 0.15) is 17.5 Å². The average Bonchev–Trinajstić information content (AvgIpc) is 3.24. The van der Waals surface area contributed by atoms with Crippen molar-refractivity contribution in [1.29, 1.82) is 0 Å². The van der Waals surface area contributed by atoms with Crippen molar-refractivity contribution < 1.29 is 22.7 Å². The van der Waals surface area contributed by atoms with E-state index < -0.39 is 27.6 Å². The van der Waals surface area contributed by atoms with Crippen LogP contribution < -0.4 is 4.72 Å². The van der Waals surface area contributed by atoms with E-state index in [1.165, 1.54) is 0 Å². The van der Waals surface area contributed by atoms with Gasteiger partial charge < -0.3 is 9.47 Å². The van der Waals surface area contributed by atoms with E-state index in [1.807, 2.05) is 48.5 Å². The molecule has 0 bridgehead atoms. The van der Waals surface area contributed by atoms with Crippen molar-refractivity contribution >= 4 is 16.2 Å². The van der Waals surface area contributed by atoms with E-state index in [2.05, 4.69) is 21.3 Å². The van der Waals surface area contributed by atoms with Gasteiger partial charge in [-0.15, -0.1) is 6.58 Å². The number of esters is 1. The molecule has 11 heteroatoms. The zero-order valence-corrected chi connectivity index (χ0v) is 20.1. The lowest BCUT2D eigenvalue weighted by molar-refractivity contribution is -0.152. The lowest BCUT2D eigenvalue weighted by Gasteiger charge is -2.26. The minimum absolute atomic E-state index is 0.0209. The van der Waals surface area contributed by atoms with E-state index in [1.54, 1.807) is 18.2 Å². The van der Waals surface area contributed by atoms with Crippen molar-refractivity contribution in [3.63, 3.8) is 0 Å². The summed E-state index contributed by atoms with van der Waals surface area (Å²) in [6, 6.07) is 18.6. The number of rotatable bonds is 13. The molecule has 35 heavy (non-hydrogen) atoms. The molecule has 10 nitrogen and oxygen atoms in total. The van der Waals surface area contributed by atoms with E-state index in [0.717, 1.165) is 15.4 Å². The molecule has 0 aromatic heterocycles. The number of ether oxygens (including phenoxy) is 2. The molecule has 0 amide bonds. The molecule has 1 N–H and O–H groups in total. The van der Waals surface area contributed by atoms with Gasteiger partial charge in [-0.3, -0.25) is 4.79 Å². The molecule has 1 aliphatic heterocycles. The standard InChI is InChI=1S/C24H29N5O5S/c1-2-9-22-16-29(35(31,32)26-14-15-33-17-20-10-5-3-6-11-20)19-24(22,27-28-25)23(30)34-18-21-12-7-4-8-13-21/h2-8,10-13,22,26H,1,9,14-19H2/t22-,24-/m1/s1. The molecule has 186 valence electrons. The van der Waals surface area contributed by atoms with E-state index in [-0.39, 0.29) is 39.3 Å². The van der Waals surface area contributed by atoms with Crippen LogP contribution in [-0.4, -0.2) is 50.5 Å². The summed E-state index contributed by atoms with van der Waals surface area (Å²) in [6.45, 7) is 3.90. The molecule has 1 aliphatic rings. The third-order valence-corrected chi connectivity index (χ3v) is 7.27. The Morgan fingerprint density at radius 2 is 1.80 bits per heavy atom. The fraction of sp³-hybridized carbons (Fsp3) is 0.375. The third kappa shape index (κ3) is 6.91. The predicted molar refractivity (Wildman–Crippen MR) is 131 cm³/mol. The number of hydrogen-bond acceptors (Lipinski definition) is 6. The molecule has 0 unspecified atom stereocenters. The zero-order valence-electron chi connectivity index (χ0n) is 19.3. The van der Waals surface area contributed by atoms with Gasteiger partial charge in [-0.25, -0.2) is 0 Å². The number of hydrogen-bond donors (Lipinski definition) is 1. The average molecular weight is 500 g/mol. The number of benzene rings is 2. The summed E-state index contributed by atoms with van der Waals surface area (Å²) in [6.07, 6.45) is 1.84. The Labute approximate surface area is 205 Å². The van der Waals surface area contributed by atoms with Gasteiger partial charge in [0, 0.05) is 24.5 Å². The number of azide groups is 1. The topological polar surface area (TPSA) is 134 Å². The minimum atomic E-state index is -3.97. The van der Waals surface area contributed by atoms with Crippen LogP contribution in [0.25, 0.3) is 10.4 Å². The van der Waals surface area contributed by atoms with E-state index >= 15 is 0 Å². The van der Waals surface area contributed by atoms with Gasteiger partial charge in [-0.1, -0.05) is 71.9 Å². The second kappa shape index (κ2) is 12.5. The van der Waals surface area contributed by atoms with Gasteiger partial charge in [0.15, 0.2) is 5.54 Å². The molecule has 1 saturated heterocycles. The van der Waals surface area contributed by atoms with Gasteiger partial charge >= 0.3 is 5.97 Å². The SMILES string of the molecule is C=CC[C@@H]1CN(S(=O)(=O)NCCOCc2ccccc2)C[C@]1(N=[N+]=[N-])C(=O)OCc1ccccc1. The molecule has 2 aromatic rings. The highest BCUT2D eigenvalue weighted by atomic mass is 32.2. The Kier molecular flexibility index (Phi) is 9.41. The first-order valence-electron chi connectivity index (χ1n) is 11.2. The van der Waals surface area contributed by atoms with Crippen LogP contribution in [0.15, 0.2) is 78.4 Å². The number of allylic oxidation sites excluding steroid dienone is 1. The quantitative estimate of drug-likeness (QED) is 0.113. The molecule has 2 atom stereocenters. The van der Waals surface area contributed by atoms with Gasteiger partial charge in [0.25, 0.3) is 10.2 Å². The summed E-state index contributed by atoms with van der Waals surface area (Å²) < 4.78 is 40.5. The minimum Gasteiger partial charge on any atom is -0.460 e. The summed E-state index contributed by atoms with van der Waals surface area (Å²) in [4.78, 5) is 16.0. The maximum Gasteiger partial charge on any atom is 0.320 e. The molecule has 0 spiro atoms. The van der Waals surface area contributed by atoms with Crippen molar-refractivity contribution in [2.75, 3.05) is 26.2 Å². The van der Waals surface area contributed by atoms with Gasteiger partial charge in [-0.05, 0) is 29.0 Å². The van der Waals surface area contributed by atoms with Gasteiger partial charge in [0.1, 0.15) is 6.61 Å². The molecule has 0 radical (unpaired) electrons. The fourth-order valence-electron chi connectivity index (χ4n) is 3.92. The number of carbonyl (C=O) groups is 1. The molecule has 0 aliphatic carbocycles. The van der Waals surface area contributed by atoms with Crippen LogP contribution in [0, 0.1) is 5.92 Å². The van der Waals surface area contributed by atoms with E-state index in [0.29, 0.717) is 6.61 Å². The van der Waals surface area contributed by atoms with Crippen LogP contribution in [-0.2, 0) is 37.7 Å². The summed E-state index contributed by atoms with van der Waals surface area (Å²) in [5.41, 5.74) is 9.26. The molecular formula is C24H29N5O5S. The summed E-state index contributed by atoms with van der Waals surface area (Å²) in [5, 5.41) is 3.77. The highest BCUT2D eigenvalue weighted by Gasteiger charge is 2.55. The lowest BCUT2D eigenvalue weighted by Crippen LogP contribution is -2.47. The van der Waals surface area contributed by atoms with E-state index in [9.17, 15) is 18.7 Å². The smallest absolute Gasteiger partial charge is 0.320 e. The normalized spacial score (nSPS) is 20.2. The first-order valence-corrected chi connectivity index (χ1v) is 12.6. The summed E-state index contributed by atoms with van der Waals surface area (Å²) in [5.74, 6) is -1.39. The summed E-state index contributed by atoms with van der Waals surface area (Å²) >= 11 is 0. The third-order valence-electron chi connectivity index (χ3n) is 5.74. The predicted octanol–water partition coefficient (Wildman–Crippen LogP) is 3.34. The number of carbonyl (C=O) groups excluding carboxylic acids is 1. The zero-order chi connectivity index (χ0) is 25.2.